The molecule has 0 aliphatic carbocycles. The molecule has 22 heavy (non-hydrogen) atoms. The van der Waals surface area contributed by atoms with E-state index in [-0.39, 0.29) is 11.2 Å². The Bertz CT molecular complexity index is 925. The largest absolute Gasteiger partial charge is 0.451 e. The van der Waals surface area contributed by atoms with Gasteiger partial charge in [-0.3, -0.25) is 9.59 Å². The summed E-state index contributed by atoms with van der Waals surface area (Å²) in [6.45, 7) is 3.84. The minimum Gasteiger partial charge on any atom is -0.451 e. The van der Waals surface area contributed by atoms with Crippen molar-refractivity contribution in [2.24, 2.45) is 0 Å². The van der Waals surface area contributed by atoms with Gasteiger partial charge in [-0.25, -0.2) is 0 Å². The molecule has 1 heterocycles. The van der Waals surface area contributed by atoms with Gasteiger partial charge in [0.1, 0.15) is 5.58 Å². The summed E-state index contributed by atoms with van der Waals surface area (Å²) in [5.74, 6) is -0.435. The highest BCUT2D eigenvalue weighted by Crippen LogP contribution is 2.16. The third-order valence-electron chi connectivity index (χ3n) is 3.38. The van der Waals surface area contributed by atoms with E-state index >= 15 is 0 Å². The number of aryl methyl sites for hydroxylation is 2. The number of fused-ring (bicyclic) bond motifs is 1. The summed E-state index contributed by atoms with van der Waals surface area (Å²) in [4.78, 5) is 24.3. The molecule has 0 saturated heterocycles. The topological polar surface area (TPSA) is 59.3 Å². The van der Waals surface area contributed by atoms with E-state index < -0.39 is 5.91 Å². The van der Waals surface area contributed by atoms with E-state index in [2.05, 4.69) is 5.32 Å². The van der Waals surface area contributed by atoms with Gasteiger partial charge in [-0.15, -0.1) is 0 Å². The first-order valence-corrected chi connectivity index (χ1v) is 6.95. The standard InChI is InChI=1S/C18H15NO3/c1-11-4-3-5-13(8-11)19-18(21)17-10-15(20)14-7-6-12(2)9-16(14)22-17/h3-10H,1-2H3,(H,19,21). The Labute approximate surface area is 127 Å². The average molecular weight is 293 g/mol. The van der Waals surface area contributed by atoms with E-state index in [1.165, 1.54) is 6.07 Å². The van der Waals surface area contributed by atoms with Gasteiger partial charge in [-0.1, -0.05) is 18.2 Å². The molecule has 0 radical (unpaired) electrons. The Hall–Kier alpha value is -2.88. The molecule has 3 rings (SSSR count). The number of amides is 1. The third kappa shape index (κ3) is 2.76. The normalized spacial score (nSPS) is 10.6. The molecule has 110 valence electrons. The number of anilines is 1. The molecule has 0 unspecified atom stereocenters. The van der Waals surface area contributed by atoms with Crippen LogP contribution in [-0.4, -0.2) is 5.91 Å². The Morgan fingerprint density at radius 3 is 2.55 bits per heavy atom. The Balaban J connectivity index is 1.99. The van der Waals surface area contributed by atoms with Crippen LogP contribution in [0.4, 0.5) is 5.69 Å². The van der Waals surface area contributed by atoms with Gasteiger partial charge in [0.2, 0.25) is 0 Å². The smallest absolute Gasteiger partial charge is 0.291 e. The van der Waals surface area contributed by atoms with E-state index in [4.69, 9.17) is 4.42 Å². The summed E-state index contributed by atoms with van der Waals surface area (Å²) >= 11 is 0. The second-order valence-electron chi connectivity index (χ2n) is 5.30. The van der Waals surface area contributed by atoms with Crippen molar-refractivity contribution >= 4 is 22.6 Å². The summed E-state index contributed by atoms with van der Waals surface area (Å²) in [6, 6.07) is 13.9. The van der Waals surface area contributed by atoms with Crippen molar-refractivity contribution in [2.75, 3.05) is 5.32 Å². The van der Waals surface area contributed by atoms with Crippen LogP contribution in [0.2, 0.25) is 0 Å². The van der Waals surface area contributed by atoms with Crippen molar-refractivity contribution in [1.82, 2.24) is 0 Å². The van der Waals surface area contributed by atoms with Gasteiger partial charge in [-0.05, 0) is 49.2 Å². The molecule has 1 N–H and O–H groups in total. The van der Waals surface area contributed by atoms with Crippen LogP contribution >= 0.6 is 0 Å². The molecule has 4 heteroatoms. The Kier molecular flexibility index (Phi) is 3.51. The highest BCUT2D eigenvalue weighted by molar-refractivity contribution is 6.03. The lowest BCUT2D eigenvalue weighted by atomic mass is 10.1. The number of hydrogen-bond acceptors (Lipinski definition) is 3. The molecule has 0 aliphatic rings. The second kappa shape index (κ2) is 5.48. The number of hydrogen-bond donors (Lipinski definition) is 1. The number of carbonyl (C=O) groups is 1. The molecule has 2 aromatic carbocycles. The fraction of sp³-hybridized carbons (Fsp3) is 0.111. The summed E-state index contributed by atoms with van der Waals surface area (Å²) in [6.07, 6.45) is 0. The molecular weight excluding hydrogens is 278 g/mol. The van der Waals surface area contributed by atoms with Gasteiger partial charge in [0.05, 0.1) is 5.39 Å². The minimum atomic E-state index is -0.439. The molecule has 1 aromatic heterocycles. The minimum absolute atomic E-state index is 0.00426. The zero-order valence-corrected chi connectivity index (χ0v) is 12.3. The van der Waals surface area contributed by atoms with Crippen molar-refractivity contribution in [3.05, 3.63) is 75.6 Å². The van der Waals surface area contributed by atoms with Gasteiger partial charge in [0, 0.05) is 11.8 Å². The lowest BCUT2D eigenvalue weighted by Gasteiger charge is -2.06. The first-order valence-electron chi connectivity index (χ1n) is 6.95. The Morgan fingerprint density at radius 2 is 1.77 bits per heavy atom. The van der Waals surface area contributed by atoms with Gasteiger partial charge >= 0.3 is 0 Å². The van der Waals surface area contributed by atoms with E-state index in [9.17, 15) is 9.59 Å². The molecule has 0 saturated carbocycles. The van der Waals surface area contributed by atoms with Crippen LogP contribution < -0.4 is 10.7 Å². The van der Waals surface area contributed by atoms with Gasteiger partial charge in [0.25, 0.3) is 5.91 Å². The molecule has 3 aromatic rings. The highest BCUT2D eigenvalue weighted by Gasteiger charge is 2.12. The predicted octanol–water partition coefficient (Wildman–Crippen LogP) is 3.66. The maximum atomic E-state index is 12.3. The number of benzene rings is 2. The van der Waals surface area contributed by atoms with Crippen LogP contribution in [-0.2, 0) is 0 Å². The van der Waals surface area contributed by atoms with Crippen LogP contribution in [0.1, 0.15) is 21.7 Å². The summed E-state index contributed by atoms with van der Waals surface area (Å²) < 4.78 is 5.58. The van der Waals surface area contributed by atoms with Gasteiger partial charge in [0.15, 0.2) is 11.2 Å². The maximum absolute atomic E-state index is 12.3. The molecular formula is C18H15NO3. The van der Waals surface area contributed by atoms with Crippen molar-refractivity contribution in [2.45, 2.75) is 13.8 Å². The van der Waals surface area contributed by atoms with Gasteiger partial charge < -0.3 is 9.73 Å². The van der Waals surface area contributed by atoms with E-state index in [0.29, 0.717) is 16.7 Å². The summed E-state index contributed by atoms with van der Waals surface area (Å²) in [5, 5.41) is 3.20. The third-order valence-corrected chi connectivity index (χ3v) is 3.38. The van der Waals surface area contributed by atoms with E-state index in [1.54, 1.807) is 18.2 Å². The number of nitrogens with one attached hydrogen (secondary N) is 1. The first-order chi connectivity index (χ1) is 10.5. The van der Waals surface area contributed by atoms with E-state index in [1.807, 2.05) is 38.1 Å². The number of rotatable bonds is 2. The van der Waals surface area contributed by atoms with Crippen LogP contribution in [0.5, 0.6) is 0 Å². The van der Waals surface area contributed by atoms with Crippen LogP contribution in [0.15, 0.2) is 57.7 Å². The average Bonchev–Trinajstić information content (AvgIpc) is 2.46. The number of carbonyl (C=O) groups excluding carboxylic acids is 1. The van der Waals surface area contributed by atoms with Crippen molar-refractivity contribution in [3.8, 4) is 0 Å². The molecule has 4 nitrogen and oxygen atoms in total. The van der Waals surface area contributed by atoms with Crippen molar-refractivity contribution in [3.63, 3.8) is 0 Å². The molecule has 0 spiro atoms. The monoisotopic (exact) mass is 293 g/mol. The molecule has 0 fully saturated rings. The molecule has 0 atom stereocenters. The fourth-order valence-corrected chi connectivity index (χ4v) is 2.29. The zero-order chi connectivity index (χ0) is 15.7. The molecule has 0 aliphatic heterocycles. The first kappa shape index (κ1) is 14.1. The molecule has 1 amide bonds. The quantitative estimate of drug-likeness (QED) is 0.784. The van der Waals surface area contributed by atoms with Crippen molar-refractivity contribution in [1.29, 1.82) is 0 Å². The summed E-state index contributed by atoms with van der Waals surface area (Å²) in [7, 11) is 0. The lowest BCUT2D eigenvalue weighted by molar-refractivity contribution is 0.0997. The van der Waals surface area contributed by atoms with Crippen LogP contribution in [0.3, 0.4) is 0 Å². The Morgan fingerprint density at radius 1 is 1.00 bits per heavy atom. The van der Waals surface area contributed by atoms with Crippen LogP contribution in [0.25, 0.3) is 11.0 Å². The maximum Gasteiger partial charge on any atom is 0.291 e. The zero-order valence-electron chi connectivity index (χ0n) is 12.3. The van der Waals surface area contributed by atoms with Crippen molar-refractivity contribution < 1.29 is 9.21 Å². The van der Waals surface area contributed by atoms with Gasteiger partial charge in [-0.2, -0.15) is 0 Å². The predicted molar refractivity (Wildman–Crippen MR) is 86.4 cm³/mol. The lowest BCUT2D eigenvalue weighted by Crippen LogP contribution is -2.15. The van der Waals surface area contributed by atoms with Crippen LogP contribution in [0, 0.1) is 13.8 Å². The fourth-order valence-electron chi connectivity index (χ4n) is 2.29. The SMILES string of the molecule is Cc1cccc(NC(=O)c2cc(=O)c3ccc(C)cc3o2)c1. The summed E-state index contributed by atoms with van der Waals surface area (Å²) in [5.41, 5.74) is 2.86. The highest BCUT2D eigenvalue weighted by atomic mass is 16.3. The molecule has 0 bridgehead atoms. The second-order valence-corrected chi connectivity index (χ2v) is 5.30. The van der Waals surface area contributed by atoms with E-state index in [0.717, 1.165) is 11.1 Å².